The van der Waals surface area contributed by atoms with Gasteiger partial charge < -0.3 is 20.7 Å². The second-order valence-corrected chi connectivity index (χ2v) is 7.87. The first-order valence-electron chi connectivity index (χ1n) is 7.95. The molecule has 7 nitrogen and oxygen atoms in total. The van der Waals surface area contributed by atoms with E-state index < -0.39 is 17.6 Å². The average Bonchev–Trinajstić information content (AvgIpc) is 2.97. The predicted octanol–water partition coefficient (Wildman–Crippen LogP) is 2.74. The van der Waals surface area contributed by atoms with Crippen LogP contribution in [0.3, 0.4) is 0 Å². The van der Waals surface area contributed by atoms with Crippen LogP contribution in [0.15, 0.2) is 22.7 Å². The first kappa shape index (κ1) is 19.2. The SMILES string of the molecule is CC(C)(C)OC(=O)N1CCC(C(=O)Nc2ccc(Br)cc2C(N)=O)C1. The molecule has 1 saturated heterocycles. The summed E-state index contributed by atoms with van der Waals surface area (Å²) in [7, 11) is 0. The first-order valence-corrected chi connectivity index (χ1v) is 8.74. The standard InChI is InChI=1S/C17H22BrN3O4/c1-17(2,3)25-16(24)21-7-6-10(9-21)15(23)20-13-5-4-11(18)8-12(13)14(19)22/h4-5,8,10H,6-7,9H2,1-3H3,(H2,19,22)(H,20,23). The molecule has 1 atom stereocenters. The molecule has 0 radical (unpaired) electrons. The number of primary amides is 1. The topological polar surface area (TPSA) is 102 Å². The Morgan fingerprint density at radius 3 is 2.60 bits per heavy atom. The van der Waals surface area contributed by atoms with Gasteiger partial charge >= 0.3 is 6.09 Å². The number of carbonyl (C=O) groups excluding carboxylic acids is 3. The van der Waals surface area contributed by atoms with E-state index in [1.165, 1.54) is 4.90 Å². The number of hydrogen-bond donors (Lipinski definition) is 2. The van der Waals surface area contributed by atoms with Gasteiger partial charge in [0.25, 0.3) is 5.91 Å². The molecule has 1 fully saturated rings. The maximum Gasteiger partial charge on any atom is 0.410 e. The van der Waals surface area contributed by atoms with Gasteiger partial charge in [-0.3, -0.25) is 9.59 Å². The number of nitrogens with two attached hydrogens (primary N) is 1. The summed E-state index contributed by atoms with van der Waals surface area (Å²) < 4.78 is 6.01. The summed E-state index contributed by atoms with van der Waals surface area (Å²) in [6.07, 6.45) is 0.109. The van der Waals surface area contributed by atoms with Crippen LogP contribution in [-0.4, -0.2) is 41.5 Å². The highest BCUT2D eigenvalue weighted by atomic mass is 79.9. The number of anilines is 1. The minimum absolute atomic E-state index is 0.227. The van der Waals surface area contributed by atoms with Gasteiger partial charge in [-0.2, -0.15) is 0 Å². The molecule has 8 heteroatoms. The van der Waals surface area contributed by atoms with Crippen LogP contribution in [0.25, 0.3) is 0 Å². The van der Waals surface area contributed by atoms with E-state index in [0.717, 1.165) is 0 Å². The van der Waals surface area contributed by atoms with E-state index in [9.17, 15) is 14.4 Å². The molecule has 0 spiro atoms. The maximum atomic E-state index is 12.5. The van der Waals surface area contributed by atoms with E-state index in [-0.39, 0.29) is 23.9 Å². The van der Waals surface area contributed by atoms with Crippen LogP contribution in [0.2, 0.25) is 0 Å². The fraction of sp³-hybridized carbons (Fsp3) is 0.471. The number of benzene rings is 1. The van der Waals surface area contributed by atoms with Crippen LogP contribution in [0, 0.1) is 5.92 Å². The van der Waals surface area contributed by atoms with Crippen molar-refractivity contribution in [2.24, 2.45) is 11.7 Å². The Bertz CT molecular complexity index is 700. The molecule has 0 bridgehead atoms. The molecule has 1 aliphatic rings. The lowest BCUT2D eigenvalue weighted by Gasteiger charge is -2.24. The second-order valence-electron chi connectivity index (χ2n) is 6.96. The van der Waals surface area contributed by atoms with Crippen molar-refractivity contribution in [3.63, 3.8) is 0 Å². The lowest BCUT2D eigenvalue weighted by molar-refractivity contribution is -0.119. The molecule has 1 heterocycles. The molecular formula is C17H22BrN3O4. The van der Waals surface area contributed by atoms with E-state index in [0.29, 0.717) is 23.1 Å². The molecule has 1 aromatic carbocycles. The molecule has 0 saturated carbocycles. The Kier molecular flexibility index (Phi) is 5.72. The zero-order valence-corrected chi connectivity index (χ0v) is 16.1. The minimum Gasteiger partial charge on any atom is -0.444 e. The summed E-state index contributed by atoms with van der Waals surface area (Å²) in [5.74, 6) is -1.24. The Labute approximate surface area is 155 Å². The number of ether oxygens (including phenoxy) is 1. The predicted molar refractivity (Wildman–Crippen MR) is 97.2 cm³/mol. The molecule has 2 rings (SSSR count). The lowest BCUT2D eigenvalue weighted by atomic mass is 10.1. The van der Waals surface area contributed by atoms with Crippen LogP contribution >= 0.6 is 15.9 Å². The third-order valence-electron chi connectivity index (χ3n) is 3.72. The number of hydrogen-bond acceptors (Lipinski definition) is 4. The number of carbonyl (C=O) groups is 3. The zero-order chi connectivity index (χ0) is 18.8. The van der Waals surface area contributed by atoms with Gasteiger partial charge in [0.15, 0.2) is 0 Å². The van der Waals surface area contributed by atoms with Gasteiger partial charge in [-0.1, -0.05) is 15.9 Å². The lowest BCUT2D eigenvalue weighted by Crippen LogP contribution is -2.36. The van der Waals surface area contributed by atoms with Gasteiger partial charge in [-0.05, 0) is 45.4 Å². The van der Waals surface area contributed by atoms with Crippen LogP contribution in [0.4, 0.5) is 10.5 Å². The van der Waals surface area contributed by atoms with Crippen molar-refractivity contribution >= 4 is 39.5 Å². The van der Waals surface area contributed by atoms with Gasteiger partial charge in [-0.15, -0.1) is 0 Å². The van der Waals surface area contributed by atoms with Crippen LogP contribution in [0.1, 0.15) is 37.6 Å². The molecule has 1 aliphatic heterocycles. The van der Waals surface area contributed by atoms with Gasteiger partial charge in [-0.25, -0.2) is 4.79 Å². The van der Waals surface area contributed by atoms with Crippen molar-refractivity contribution in [2.45, 2.75) is 32.8 Å². The highest BCUT2D eigenvalue weighted by Gasteiger charge is 2.33. The van der Waals surface area contributed by atoms with Crippen molar-refractivity contribution in [1.82, 2.24) is 4.90 Å². The first-order chi connectivity index (χ1) is 11.6. The van der Waals surface area contributed by atoms with Crippen molar-refractivity contribution in [2.75, 3.05) is 18.4 Å². The third-order valence-corrected chi connectivity index (χ3v) is 4.21. The number of halogens is 1. The number of rotatable bonds is 3. The largest absolute Gasteiger partial charge is 0.444 e. The van der Waals surface area contributed by atoms with E-state index in [4.69, 9.17) is 10.5 Å². The quantitative estimate of drug-likeness (QED) is 0.797. The van der Waals surface area contributed by atoms with Gasteiger partial charge in [0, 0.05) is 17.6 Å². The number of amides is 3. The van der Waals surface area contributed by atoms with Gasteiger partial charge in [0.1, 0.15) is 5.60 Å². The normalized spacial score (nSPS) is 17.3. The summed E-state index contributed by atoms with van der Waals surface area (Å²) in [6, 6.07) is 4.88. The minimum atomic E-state index is -0.626. The summed E-state index contributed by atoms with van der Waals surface area (Å²) in [5.41, 5.74) is 5.36. The Morgan fingerprint density at radius 2 is 2.00 bits per heavy atom. The highest BCUT2D eigenvalue weighted by molar-refractivity contribution is 9.10. The summed E-state index contributed by atoms with van der Waals surface area (Å²) in [5, 5.41) is 2.73. The van der Waals surface area contributed by atoms with E-state index >= 15 is 0 Å². The van der Waals surface area contributed by atoms with E-state index in [1.807, 2.05) is 0 Å². The van der Waals surface area contributed by atoms with E-state index in [1.54, 1.807) is 39.0 Å². The number of nitrogens with one attached hydrogen (secondary N) is 1. The summed E-state index contributed by atoms with van der Waals surface area (Å²) >= 11 is 3.27. The smallest absolute Gasteiger partial charge is 0.410 e. The molecule has 136 valence electrons. The fourth-order valence-electron chi connectivity index (χ4n) is 2.53. The average molecular weight is 412 g/mol. The molecule has 25 heavy (non-hydrogen) atoms. The third kappa shape index (κ3) is 5.19. The molecule has 3 N–H and O–H groups in total. The second kappa shape index (κ2) is 7.43. The van der Waals surface area contributed by atoms with Gasteiger partial charge in [0.2, 0.25) is 5.91 Å². The Hall–Kier alpha value is -2.09. The van der Waals surface area contributed by atoms with Crippen LogP contribution in [0.5, 0.6) is 0 Å². The molecular weight excluding hydrogens is 390 g/mol. The van der Waals surface area contributed by atoms with Crippen molar-refractivity contribution in [1.29, 1.82) is 0 Å². The van der Waals surface area contributed by atoms with E-state index in [2.05, 4.69) is 21.2 Å². The summed E-state index contributed by atoms with van der Waals surface area (Å²) in [4.78, 5) is 37.6. The molecule has 1 aromatic rings. The molecule has 1 unspecified atom stereocenters. The molecule has 0 aromatic heterocycles. The van der Waals surface area contributed by atoms with Crippen molar-refractivity contribution < 1.29 is 19.1 Å². The van der Waals surface area contributed by atoms with Crippen molar-refractivity contribution in [3.8, 4) is 0 Å². The fourth-order valence-corrected chi connectivity index (χ4v) is 2.89. The molecule has 0 aliphatic carbocycles. The maximum absolute atomic E-state index is 12.5. The number of nitrogens with zero attached hydrogens (tertiary/aromatic N) is 1. The van der Waals surface area contributed by atoms with Crippen LogP contribution in [-0.2, 0) is 9.53 Å². The van der Waals surface area contributed by atoms with Gasteiger partial charge in [0.05, 0.1) is 17.2 Å². The monoisotopic (exact) mass is 411 g/mol. The Morgan fingerprint density at radius 1 is 1.32 bits per heavy atom. The highest BCUT2D eigenvalue weighted by Crippen LogP contribution is 2.24. The Balaban J connectivity index is 2.01. The number of likely N-dealkylation sites (tertiary alicyclic amines) is 1. The van der Waals surface area contributed by atoms with Crippen LogP contribution < -0.4 is 11.1 Å². The molecule has 3 amide bonds. The zero-order valence-electron chi connectivity index (χ0n) is 14.5. The van der Waals surface area contributed by atoms with Crippen molar-refractivity contribution in [3.05, 3.63) is 28.2 Å². The summed E-state index contributed by atoms with van der Waals surface area (Å²) in [6.45, 7) is 6.12.